The van der Waals surface area contributed by atoms with Gasteiger partial charge in [0.25, 0.3) is 0 Å². The molecule has 1 heterocycles. The smallest absolute Gasteiger partial charge is 0.146 e. The molecule has 4 heteroatoms. The molecule has 0 radical (unpaired) electrons. The summed E-state index contributed by atoms with van der Waals surface area (Å²) in [5, 5.41) is 9.40. The summed E-state index contributed by atoms with van der Waals surface area (Å²) in [6.07, 6.45) is 3.28. The summed E-state index contributed by atoms with van der Waals surface area (Å²) in [6.45, 7) is -0.0348. The van der Waals surface area contributed by atoms with E-state index in [0.29, 0.717) is 16.5 Å². The third-order valence-electron chi connectivity index (χ3n) is 2.04. The van der Waals surface area contributed by atoms with E-state index in [4.69, 9.17) is 21.4 Å². The summed E-state index contributed by atoms with van der Waals surface area (Å²) in [6, 6.07) is 8.74. The number of hydrogen-bond donors (Lipinski definition) is 1. The highest BCUT2D eigenvalue weighted by Crippen LogP contribution is 2.29. The molecule has 0 bridgehead atoms. The first-order valence-electron chi connectivity index (χ1n) is 4.77. The summed E-state index contributed by atoms with van der Waals surface area (Å²) < 4.78 is 5.53. The predicted octanol–water partition coefficient (Wildman–Crippen LogP) is 3.02. The van der Waals surface area contributed by atoms with Gasteiger partial charge in [-0.3, -0.25) is 4.98 Å². The maximum Gasteiger partial charge on any atom is 0.146 e. The Kier molecular flexibility index (Phi) is 3.39. The van der Waals surface area contributed by atoms with E-state index in [0.717, 1.165) is 5.56 Å². The summed E-state index contributed by atoms with van der Waals surface area (Å²) in [4.78, 5) is 3.94. The van der Waals surface area contributed by atoms with E-state index >= 15 is 0 Å². The van der Waals surface area contributed by atoms with Crippen LogP contribution < -0.4 is 4.74 Å². The molecule has 0 aliphatic heterocycles. The molecular weight excluding hydrogens is 226 g/mol. The van der Waals surface area contributed by atoms with Gasteiger partial charge in [0.2, 0.25) is 0 Å². The maximum atomic E-state index is 8.93. The van der Waals surface area contributed by atoms with Crippen LogP contribution in [-0.4, -0.2) is 10.1 Å². The lowest BCUT2D eigenvalue weighted by Gasteiger charge is -2.07. The van der Waals surface area contributed by atoms with Crippen LogP contribution in [0.2, 0.25) is 5.02 Å². The fourth-order valence-corrected chi connectivity index (χ4v) is 1.50. The maximum absolute atomic E-state index is 8.93. The monoisotopic (exact) mass is 235 g/mol. The first-order chi connectivity index (χ1) is 7.79. The van der Waals surface area contributed by atoms with Gasteiger partial charge >= 0.3 is 0 Å². The highest BCUT2D eigenvalue weighted by atomic mass is 35.5. The Labute approximate surface area is 98.3 Å². The van der Waals surface area contributed by atoms with Crippen molar-refractivity contribution in [2.24, 2.45) is 0 Å². The molecule has 1 aromatic heterocycles. The Bertz CT molecular complexity index is 474. The number of hydrogen-bond acceptors (Lipinski definition) is 3. The Hall–Kier alpha value is -1.58. The van der Waals surface area contributed by atoms with Crippen LogP contribution in [0.4, 0.5) is 0 Å². The van der Waals surface area contributed by atoms with Crippen LogP contribution in [0.3, 0.4) is 0 Å². The topological polar surface area (TPSA) is 42.4 Å². The van der Waals surface area contributed by atoms with Gasteiger partial charge in [-0.05, 0) is 29.8 Å². The third kappa shape index (κ3) is 2.51. The van der Waals surface area contributed by atoms with Crippen LogP contribution in [0.15, 0.2) is 42.7 Å². The Balaban J connectivity index is 2.22. The number of benzene rings is 1. The van der Waals surface area contributed by atoms with E-state index in [9.17, 15) is 0 Å². The zero-order valence-corrected chi connectivity index (χ0v) is 9.19. The number of halogens is 1. The van der Waals surface area contributed by atoms with Gasteiger partial charge < -0.3 is 9.84 Å². The average Bonchev–Trinajstić information content (AvgIpc) is 2.33. The molecule has 1 aromatic carbocycles. The van der Waals surface area contributed by atoms with Gasteiger partial charge in [0, 0.05) is 6.20 Å². The van der Waals surface area contributed by atoms with Crippen molar-refractivity contribution in [1.29, 1.82) is 0 Å². The van der Waals surface area contributed by atoms with E-state index < -0.39 is 0 Å². The van der Waals surface area contributed by atoms with E-state index in [1.54, 1.807) is 42.7 Å². The summed E-state index contributed by atoms with van der Waals surface area (Å²) >= 11 is 6.00. The lowest BCUT2D eigenvalue weighted by atomic mass is 10.2. The molecule has 0 saturated heterocycles. The number of pyridine rings is 1. The van der Waals surface area contributed by atoms with Crippen molar-refractivity contribution in [1.82, 2.24) is 4.98 Å². The van der Waals surface area contributed by atoms with Crippen molar-refractivity contribution < 1.29 is 9.84 Å². The zero-order valence-electron chi connectivity index (χ0n) is 8.43. The Morgan fingerprint density at radius 2 is 2.19 bits per heavy atom. The van der Waals surface area contributed by atoms with Crippen molar-refractivity contribution >= 4 is 11.6 Å². The summed E-state index contributed by atoms with van der Waals surface area (Å²) in [5.74, 6) is 1.17. The Morgan fingerprint density at radius 3 is 2.81 bits per heavy atom. The number of nitrogens with zero attached hydrogens (tertiary/aromatic N) is 1. The number of aromatic nitrogens is 1. The first-order valence-corrected chi connectivity index (χ1v) is 5.14. The highest BCUT2D eigenvalue weighted by Gasteiger charge is 2.03. The molecule has 3 nitrogen and oxygen atoms in total. The second-order valence-corrected chi connectivity index (χ2v) is 3.62. The molecule has 0 aliphatic rings. The Morgan fingerprint density at radius 1 is 1.31 bits per heavy atom. The fourth-order valence-electron chi connectivity index (χ4n) is 1.26. The van der Waals surface area contributed by atoms with Crippen LogP contribution in [0, 0.1) is 0 Å². The predicted molar refractivity (Wildman–Crippen MR) is 61.7 cm³/mol. The van der Waals surface area contributed by atoms with Crippen LogP contribution in [0.5, 0.6) is 11.5 Å². The van der Waals surface area contributed by atoms with Gasteiger partial charge in [-0.25, -0.2) is 0 Å². The molecule has 0 atom stereocenters. The minimum atomic E-state index is -0.0348. The van der Waals surface area contributed by atoms with Crippen LogP contribution in [-0.2, 0) is 6.61 Å². The number of aliphatic hydroxyl groups is 1. The van der Waals surface area contributed by atoms with Crippen molar-refractivity contribution in [3.05, 3.63) is 53.3 Å². The molecule has 0 amide bonds. The molecule has 82 valence electrons. The van der Waals surface area contributed by atoms with Gasteiger partial charge in [-0.15, -0.1) is 0 Å². The molecule has 2 rings (SSSR count). The summed E-state index contributed by atoms with van der Waals surface area (Å²) in [5.41, 5.74) is 0.753. The zero-order chi connectivity index (χ0) is 11.4. The molecule has 0 saturated carbocycles. The van der Waals surface area contributed by atoms with Gasteiger partial charge in [0.1, 0.15) is 11.5 Å². The SMILES string of the molecule is OCc1ccc(Oc2cccnc2)c(Cl)c1. The van der Waals surface area contributed by atoms with Crippen LogP contribution in [0.1, 0.15) is 5.56 Å². The first kappa shape index (κ1) is 10.9. The molecule has 0 unspecified atom stereocenters. The molecule has 1 N–H and O–H groups in total. The lowest BCUT2D eigenvalue weighted by molar-refractivity contribution is 0.281. The van der Waals surface area contributed by atoms with Gasteiger partial charge in [0.15, 0.2) is 0 Å². The fraction of sp³-hybridized carbons (Fsp3) is 0.0833. The van der Waals surface area contributed by atoms with Crippen molar-refractivity contribution in [3.8, 4) is 11.5 Å². The number of aliphatic hydroxyl groups excluding tert-OH is 1. The number of rotatable bonds is 3. The minimum absolute atomic E-state index is 0.0348. The second-order valence-electron chi connectivity index (χ2n) is 3.21. The number of ether oxygens (including phenoxy) is 1. The summed E-state index contributed by atoms with van der Waals surface area (Å²) in [7, 11) is 0. The molecule has 0 aliphatic carbocycles. The van der Waals surface area contributed by atoms with Crippen LogP contribution in [0.25, 0.3) is 0 Å². The minimum Gasteiger partial charge on any atom is -0.454 e. The van der Waals surface area contributed by atoms with E-state index in [1.165, 1.54) is 0 Å². The molecule has 0 spiro atoms. The quantitative estimate of drug-likeness (QED) is 0.889. The molecule has 0 fully saturated rings. The average molecular weight is 236 g/mol. The lowest BCUT2D eigenvalue weighted by Crippen LogP contribution is -1.88. The van der Waals surface area contributed by atoms with E-state index in [-0.39, 0.29) is 6.61 Å². The van der Waals surface area contributed by atoms with Crippen LogP contribution >= 0.6 is 11.6 Å². The van der Waals surface area contributed by atoms with Crippen molar-refractivity contribution in [2.45, 2.75) is 6.61 Å². The highest BCUT2D eigenvalue weighted by molar-refractivity contribution is 6.32. The second kappa shape index (κ2) is 4.96. The third-order valence-corrected chi connectivity index (χ3v) is 2.34. The molecule has 2 aromatic rings. The van der Waals surface area contributed by atoms with Gasteiger partial charge in [-0.2, -0.15) is 0 Å². The largest absolute Gasteiger partial charge is 0.454 e. The van der Waals surface area contributed by atoms with Crippen molar-refractivity contribution in [2.75, 3.05) is 0 Å². The molecular formula is C12H10ClNO2. The standard InChI is InChI=1S/C12H10ClNO2/c13-11-6-9(8-15)3-4-12(11)16-10-2-1-5-14-7-10/h1-7,15H,8H2. The van der Waals surface area contributed by atoms with E-state index in [1.807, 2.05) is 0 Å². The van der Waals surface area contributed by atoms with E-state index in [2.05, 4.69) is 4.98 Å². The van der Waals surface area contributed by atoms with Crippen molar-refractivity contribution in [3.63, 3.8) is 0 Å². The van der Waals surface area contributed by atoms with Gasteiger partial charge in [0.05, 0.1) is 17.8 Å². The normalized spacial score (nSPS) is 10.1. The molecule has 16 heavy (non-hydrogen) atoms. The van der Waals surface area contributed by atoms with Gasteiger partial charge in [-0.1, -0.05) is 17.7 Å².